The van der Waals surface area contributed by atoms with E-state index < -0.39 is 0 Å². The number of hydrogen-bond donors (Lipinski definition) is 1. The number of aromatic amines is 1. The van der Waals surface area contributed by atoms with Gasteiger partial charge >= 0.3 is 0 Å². The highest BCUT2D eigenvalue weighted by Gasteiger charge is 2.50. The van der Waals surface area contributed by atoms with Gasteiger partial charge in [0.05, 0.1) is 0 Å². The van der Waals surface area contributed by atoms with Crippen LogP contribution in [0.2, 0.25) is 0 Å². The minimum absolute atomic E-state index is 0.584. The number of pyridine rings is 1. The normalized spacial score (nSPS) is 22.8. The van der Waals surface area contributed by atoms with Crippen LogP contribution in [0.5, 0.6) is 0 Å². The van der Waals surface area contributed by atoms with Gasteiger partial charge in [0.2, 0.25) is 0 Å². The molecule has 2 aromatic rings. The van der Waals surface area contributed by atoms with E-state index >= 15 is 0 Å². The summed E-state index contributed by atoms with van der Waals surface area (Å²) in [6, 6.07) is 4.25. The first-order chi connectivity index (χ1) is 8.26. The summed E-state index contributed by atoms with van der Waals surface area (Å²) >= 11 is 0. The van der Waals surface area contributed by atoms with Gasteiger partial charge < -0.3 is 14.8 Å². The van der Waals surface area contributed by atoms with Crippen LogP contribution in [0.4, 0.5) is 5.69 Å². The van der Waals surface area contributed by atoms with E-state index in [-0.39, 0.29) is 0 Å². The number of aromatic nitrogens is 2. The van der Waals surface area contributed by atoms with Gasteiger partial charge in [-0.25, -0.2) is 4.98 Å². The molecule has 0 saturated carbocycles. The largest absolute Gasteiger partial charge is 0.369 e. The summed E-state index contributed by atoms with van der Waals surface area (Å²) in [7, 11) is 2.20. The van der Waals surface area contributed by atoms with Crippen molar-refractivity contribution in [3.8, 4) is 0 Å². The lowest BCUT2D eigenvalue weighted by molar-refractivity contribution is -0.00225. The van der Waals surface area contributed by atoms with Gasteiger partial charge in [-0.2, -0.15) is 0 Å². The third kappa shape index (κ3) is 1.24. The van der Waals surface area contributed by atoms with E-state index in [0.29, 0.717) is 5.41 Å². The van der Waals surface area contributed by atoms with Gasteiger partial charge in [-0.15, -0.1) is 0 Å². The van der Waals surface area contributed by atoms with E-state index in [1.807, 2.05) is 12.4 Å². The lowest BCUT2D eigenvalue weighted by atomic mass is 9.73. The molecular formula is C13H16N4. The van der Waals surface area contributed by atoms with Crippen molar-refractivity contribution in [3.05, 3.63) is 24.5 Å². The molecule has 0 aliphatic carbocycles. The number of rotatable bonds is 1. The Morgan fingerprint density at radius 2 is 2.06 bits per heavy atom. The SMILES string of the molecule is CN1CC2(C1)CN(c1ccnc3[nH]ccc13)C2. The van der Waals surface area contributed by atoms with Crippen LogP contribution in [-0.2, 0) is 0 Å². The topological polar surface area (TPSA) is 35.2 Å². The highest BCUT2D eigenvalue weighted by molar-refractivity contribution is 5.90. The van der Waals surface area contributed by atoms with Crippen molar-refractivity contribution in [2.24, 2.45) is 5.41 Å². The van der Waals surface area contributed by atoms with Crippen molar-refractivity contribution in [2.45, 2.75) is 0 Å². The first-order valence-corrected chi connectivity index (χ1v) is 6.11. The second kappa shape index (κ2) is 3.01. The molecule has 2 aromatic heterocycles. The molecular weight excluding hydrogens is 212 g/mol. The van der Waals surface area contributed by atoms with E-state index in [4.69, 9.17) is 0 Å². The molecule has 2 aliphatic heterocycles. The minimum atomic E-state index is 0.584. The zero-order chi connectivity index (χ0) is 11.5. The molecule has 2 aliphatic rings. The quantitative estimate of drug-likeness (QED) is 0.799. The molecule has 4 rings (SSSR count). The molecule has 1 spiro atoms. The zero-order valence-corrected chi connectivity index (χ0v) is 9.98. The smallest absolute Gasteiger partial charge is 0.139 e. The van der Waals surface area contributed by atoms with E-state index in [1.165, 1.54) is 37.3 Å². The van der Waals surface area contributed by atoms with Crippen LogP contribution in [0.1, 0.15) is 0 Å². The predicted octanol–water partition coefficient (Wildman–Crippen LogP) is 1.31. The molecule has 0 unspecified atom stereocenters. The van der Waals surface area contributed by atoms with Gasteiger partial charge in [0.25, 0.3) is 0 Å². The molecule has 4 nitrogen and oxygen atoms in total. The van der Waals surface area contributed by atoms with Gasteiger partial charge in [0.1, 0.15) is 5.65 Å². The standard InChI is InChI=1S/C13H16N4/c1-16-6-13(7-16)8-17(9-13)11-3-5-15-12-10(11)2-4-14-12/h2-5H,6-9H2,1H3,(H,14,15). The van der Waals surface area contributed by atoms with Crippen LogP contribution in [0.15, 0.2) is 24.5 Å². The Kier molecular flexibility index (Phi) is 1.68. The number of H-pyrrole nitrogens is 1. The van der Waals surface area contributed by atoms with Crippen molar-refractivity contribution in [3.63, 3.8) is 0 Å². The van der Waals surface area contributed by atoms with Crippen LogP contribution in [0, 0.1) is 5.41 Å². The van der Waals surface area contributed by atoms with E-state index in [2.05, 4.69) is 38.9 Å². The van der Waals surface area contributed by atoms with Crippen LogP contribution in [0.25, 0.3) is 11.0 Å². The number of hydrogen-bond acceptors (Lipinski definition) is 3. The summed E-state index contributed by atoms with van der Waals surface area (Å²) < 4.78 is 0. The molecule has 88 valence electrons. The summed E-state index contributed by atoms with van der Waals surface area (Å²) in [5.41, 5.74) is 2.91. The number of fused-ring (bicyclic) bond motifs is 1. The van der Waals surface area contributed by atoms with Crippen molar-refractivity contribution in [1.82, 2.24) is 14.9 Å². The molecule has 4 heteroatoms. The highest BCUT2D eigenvalue weighted by atomic mass is 15.3. The Bertz CT molecular complexity index is 560. The lowest BCUT2D eigenvalue weighted by Crippen LogP contribution is -2.71. The van der Waals surface area contributed by atoms with Gasteiger partial charge in [-0.3, -0.25) is 0 Å². The van der Waals surface area contributed by atoms with Crippen LogP contribution < -0.4 is 4.90 Å². The highest BCUT2D eigenvalue weighted by Crippen LogP contribution is 2.42. The maximum atomic E-state index is 4.33. The molecule has 17 heavy (non-hydrogen) atoms. The third-order valence-electron chi connectivity index (χ3n) is 4.04. The Morgan fingerprint density at radius 3 is 2.82 bits per heavy atom. The average molecular weight is 228 g/mol. The Balaban J connectivity index is 1.62. The second-order valence-corrected chi connectivity index (χ2v) is 5.60. The van der Waals surface area contributed by atoms with Gasteiger partial charge in [-0.05, 0) is 19.2 Å². The molecule has 1 N–H and O–H groups in total. The Morgan fingerprint density at radius 1 is 1.24 bits per heavy atom. The zero-order valence-electron chi connectivity index (χ0n) is 9.98. The van der Waals surface area contributed by atoms with Crippen LogP contribution in [0.3, 0.4) is 0 Å². The van der Waals surface area contributed by atoms with E-state index in [9.17, 15) is 0 Å². The van der Waals surface area contributed by atoms with Crippen molar-refractivity contribution < 1.29 is 0 Å². The monoisotopic (exact) mass is 228 g/mol. The number of anilines is 1. The summed E-state index contributed by atoms with van der Waals surface area (Å²) in [5, 5.41) is 1.25. The van der Waals surface area contributed by atoms with E-state index in [0.717, 1.165) is 5.65 Å². The van der Waals surface area contributed by atoms with Crippen molar-refractivity contribution in [1.29, 1.82) is 0 Å². The average Bonchev–Trinajstić information content (AvgIpc) is 2.69. The fourth-order valence-corrected chi connectivity index (χ4v) is 3.45. The first kappa shape index (κ1) is 9.48. The number of nitrogens with zero attached hydrogens (tertiary/aromatic N) is 3. The van der Waals surface area contributed by atoms with Gasteiger partial charge in [0, 0.05) is 55.1 Å². The fraction of sp³-hybridized carbons (Fsp3) is 0.462. The van der Waals surface area contributed by atoms with Crippen LogP contribution in [-0.4, -0.2) is 48.1 Å². The van der Waals surface area contributed by atoms with Gasteiger partial charge in [0.15, 0.2) is 0 Å². The molecule has 0 amide bonds. The molecule has 0 aromatic carbocycles. The maximum absolute atomic E-state index is 4.33. The van der Waals surface area contributed by atoms with Crippen molar-refractivity contribution in [2.75, 3.05) is 38.1 Å². The Hall–Kier alpha value is -1.55. The molecule has 2 fully saturated rings. The predicted molar refractivity (Wildman–Crippen MR) is 68.2 cm³/mol. The first-order valence-electron chi connectivity index (χ1n) is 6.11. The third-order valence-corrected chi connectivity index (χ3v) is 4.04. The summed E-state index contributed by atoms with van der Waals surface area (Å²) in [5.74, 6) is 0. The summed E-state index contributed by atoms with van der Waals surface area (Å²) in [6.07, 6.45) is 3.86. The summed E-state index contributed by atoms with van der Waals surface area (Å²) in [6.45, 7) is 4.90. The van der Waals surface area contributed by atoms with Gasteiger partial charge in [-0.1, -0.05) is 0 Å². The van der Waals surface area contributed by atoms with E-state index in [1.54, 1.807) is 0 Å². The number of nitrogens with one attached hydrogen (secondary N) is 1. The second-order valence-electron chi connectivity index (χ2n) is 5.60. The molecule has 2 saturated heterocycles. The lowest BCUT2D eigenvalue weighted by Gasteiger charge is -2.60. The number of likely N-dealkylation sites (tertiary alicyclic amines) is 1. The molecule has 0 bridgehead atoms. The van der Waals surface area contributed by atoms with Crippen LogP contribution >= 0.6 is 0 Å². The maximum Gasteiger partial charge on any atom is 0.139 e. The molecule has 4 heterocycles. The Labute approximate surface area is 100 Å². The fourth-order valence-electron chi connectivity index (χ4n) is 3.45. The molecule has 0 atom stereocenters. The summed E-state index contributed by atoms with van der Waals surface area (Å²) in [4.78, 5) is 12.4. The minimum Gasteiger partial charge on any atom is -0.369 e. The molecule has 0 radical (unpaired) electrons. The van der Waals surface area contributed by atoms with Crippen molar-refractivity contribution >= 4 is 16.7 Å².